The molecule has 0 aliphatic carbocycles. The molecule has 0 saturated carbocycles. The van der Waals surface area contributed by atoms with Crippen molar-refractivity contribution in [3.63, 3.8) is 0 Å². The highest BCUT2D eigenvalue weighted by Gasteiger charge is 2.29. The van der Waals surface area contributed by atoms with Gasteiger partial charge in [0.05, 0.1) is 41.1 Å². The quantitative estimate of drug-likeness (QED) is 0.126. The number of hydrogen-bond donors (Lipinski definition) is 0. The van der Waals surface area contributed by atoms with Crippen LogP contribution in [0.5, 0.6) is 11.8 Å². The van der Waals surface area contributed by atoms with Crippen LogP contribution < -0.4 is 10.0 Å². The van der Waals surface area contributed by atoms with Crippen molar-refractivity contribution in [2.24, 2.45) is 7.05 Å². The van der Waals surface area contributed by atoms with Crippen molar-refractivity contribution >= 4 is 46.4 Å². The first-order valence-corrected chi connectivity index (χ1v) is 18.3. The van der Waals surface area contributed by atoms with Gasteiger partial charge in [-0.1, -0.05) is 78.3 Å². The van der Waals surface area contributed by atoms with E-state index >= 15 is 0 Å². The average molecular weight is 690 g/mol. The van der Waals surface area contributed by atoms with Gasteiger partial charge in [0.1, 0.15) is 5.75 Å². The second kappa shape index (κ2) is 13.7. The molecule has 7 aromatic rings. The van der Waals surface area contributed by atoms with Crippen LogP contribution in [0.25, 0.3) is 44.2 Å². The molecule has 0 saturated heterocycles. The van der Waals surface area contributed by atoms with E-state index in [0.29, 0.717) is 28.6 Å². The summed E-state index contributed by atoms with van der Waals surface area (Å²) in [5, 5.41) is 2.22. The fourth-order valence-electron chi connectivity index (χ4n) is 6.21. The van der Waals surface area contributed by atoms with E-state index in [9.17, 15) is 4.57 Å². The van der Waals surface area contributed by atoms with Gasteiger partial charge in [-0.3, -0.25) is 9.13 Å². The van der Waals surface area contributed by atoms with Crippen molar-refractivity contribution < 1.29 is 18.3 Å². The third-order valence-corrected chi connectivity index (χ3v) is 11.3. The Balaban J connectivity index is 1.31. The van der Waals surface area contributed by atoms with E-state index in [1.807, 2.05) is 61.0 Å². The molecular formula is C40H37ClN3O4P. The highest BCUT2D eigenvalue weighted by atomic mass is 35.5. The normalized spacial score (nSPS) is 11.9. The van der Waals surface area contributed by atoms with Gasteiger partial charge in [-0.05, 0) is 91.1 Å². The second-order valence-corrected chi connectivity index (χ2v) is 14.3. The van der Waals surface area contributed by atoms with Crippen LogP contribution in [-0.4, -0.2) is 27.3 Å². The molecule has 7 nitrogen and oxygen atoms in total. The van der Waals surface area contributed by atoms with E-state index in [1.54, 1.807) is 19.9 Å². The molecule has 0 amide bonds. The first-order valence-electron chi connectivity index (χ1n) is 16.3. The Hall–Kier alpha value is -4.65. The fourth-order valence-corrected chi connectivity index (χ4v) is 8.30. The molecule has 0 aliphatic rings. The Labute approximate surface area is 291 Å². The summed E-state index contributed by atoms with van der Waals surface area (Å²) in [6.07, 6.45) is 2.05. The summed E-state index contributed by atoms with van der Waals surface area (Å²) in [4.78, 5) is 5.00. The minimum atomic E-state index is -3.56. The summed E-state index contributed by atoms with van der Waals surface area (Å²) < 4.78 is 35.8. The van der Waals surface area contributed by atoms with Crippen LogP contribution in [0.3, 0.4) is 0 Å². The Morgan fingerprint density at radius 1 is 0.776 bits per heavy atom. The number of benzene rings is 5. The number of aryl methyl sites for hydroxylation is 2. The van der Waals surface area contributed by atoms with Gasteiger partial charge in [0.25, 0.3) is 0 Å². The average Bonchev–Trinajstić information content (AvgIpc) is 3.64. The van der Waals surface area contributed by atoms with Crippen molar-refractivity contribution in [2.45, 2.75) is 27.3 Å². The first-order chi connectivity index (χ1) is 23.8. The van der Waals surface area contributed by atoms with Gasteiger partial charge in [0.2, 0.25) is 0 Å². The first kappa shape index (κ1) is 32.9. The zero-order chi connectivity index (χ0) is 34.1. The van der Waals surface area contributed by atoms with Gasteiger partial charge in [0.15, 0.2) is 0 Å². The molecular weight excluding hydrogens is 653 g/mol. The van der Waals surface area contributed by atoms with Gasteiger partial charge in [-0.2, -0.15) is 4.98 Å². The second-order valence-electron chi connectivity index (χ2n) is 11.9. The molecule has 0 atom stereocenters. The number of fused-ring (bicyclic) bond motifs is 2. The third kappa shape index (κ3) is 6.55. The Kier molecular flexibility index (Phi) is 9.19. The van der Waals surface area contributed by atoms with Crippen LogP contribution in [0.15, 0.2) is 115 Å². The Morgan fingerprint density at radius 2 is 1.49 bits per heavy atom. The van der Waals surface area contributed by atoms with Crippen LogP contribution in [0.4, 0.5) is 0 Å². The molecule has 2 heterocycles. The summed E-state index contributed by atoms with van der Waals surface area (Å²) in [5.74, 6) is 0.470. The van der Waals surface area contributed by atoms with E-state index in [4.69, 9.17) is 30.4 Å². The van der Waals surface area contributed by atoms with Crippen LogP contribution in [0, 0.1) is 6.92 Å². The maximum absolute atomic E-state index is 13.8. The van der Waals surface area contributed by atoms with E-state index in [2.05, 4.69) is 71.4 Å². The standard InChI is InChI=1S/C40H37ClN3O4P/c1-5-46-49(45,47-6-2)39-23-33(18-12-27(39)3)48-40-42-36-24-34(31-17-19-37-32(22-31)20-21-43(37)4)35(41)25-38(36)44(40)26-28-13-15-30(16-14-28)29-10-8-7-9-11-29/h7-25H,5-6,26H2,1-4H3. The van der Waals surface area contributed by atoms with Crippen molar-refractivity contribution in [3.05, 3.63) is 132 Å². The molecule has 0 N–H and O–H groups in total. The van der Waals surface area contributed by atoms with E-state index in [0.717, 1.165) is 55.3 Å². The van der Waals surface area contributed by atoms with Crippen molar-refractivity contribution in [3.8, 4) is 34.0 Å². The molecule has 248 valence electrons. The maximum atomic E-state index is 13.8. The zero-order valence-corrected chi connectivity index (χ0v) is 29.5. The van der Waals surface area contributed by atoms with Gasteiger partial charge in [-0.25, -0.2) is 0 Å². The van der Waals surface area contributed by atoms with Crippen LogP contribution in [0.2, 0.25) is 5.02 Å². The van der Waals surface area contributed by atoms with Crippen molar-refractivity contribution in [1.82, 2.24) is 14.1 Å². The molecule has 0 radical (unpaired) electrons. The third-order valence-electron chi connectivity index (χ3n) is 8.68. The molecule has 0 bridgehead atoms. The van der Waals surface area contributed by atoms with E-state index in [1.165, 1.54) is 0 Å². The highest BCUT2D eigenvalue weighted by Crippen LogP contribution is 2.48. The van der Waals surface area contributed by atoms with Crippen LogP contribution >= 0.6 is 19.2 Å². The van der Waals surface area contributed by atoms with Gasteiger partial charge >= 0.3 is 13.6 Å². The number of ether oxygens (including phenoxy) is 1. The molecule has 0 unspecified atom stereocenters. The summed E-state index contributed by atoms with van der Waals surface area (Å²) in [7, 11) is -1.52. The molecule has 0 fully saturated rings. The molecule has 0 spiro atoms. The molecule has 49 heavy (non-hydrogen) atoms. The predicted octanol–water partition coefficient (Wildman–Crippen LogP) is 10.6. The van der Waals surface area contributed by atoms with Gasteiger partial charge in [-0.15, -0.1) is 0 Å². The van der Waals surface area contributed by atoms with E-state index < -0.39 is 7.60 Å². The minimum absolute atomic E-state index is 0.251. The van der Waals surface area contributed by atoms with Crippen molar-refractivity contribution in [2.75, 3.05) is 13.2 Å². The van der Waals surface area contributed by atoms with Crippen molar-refractivity contribution in [1.29, 1.82) is 0 Å². The lowest BCUT2D eigenvalue weighted by Gasteiger charge is -2.20. The maximum Gasteiger partial charge on any atom is 0.361 e. The van der Waals surface area contributed by atoms with Crippen LogP contribution in [0.1, 0.15) is 25.0 Å². The van der Waals surface area contributed by atoms with Gasteiger partial charge in [0, 0.05) is 29.7 Å². The lowest BCUT2D eigenvalue weighted by Crippen LogP contribution is -2.14. The smallest absolute Gasteiger partial charge is 0.361 e. The minimum Gasteiger partial charge on any atom is -0.425 e. The number of rotatable bonds is 11. The zero-order valence-electron chi connectivity index (χ0n) is 27.9. The molecule has 5 aromatic carbocycles. The number of aromatic nitrogens is 3. The van der Waals surface area contributed by atoms with E-state index in [-0.39, 0.29) is 13.2 Å². The fraction of sp³-hybridized carbons (Fsp3) is 0.175. The number of hydrogen-bond acceptors (Lipinski definition) is 5. The number of imidazole rings is 1. The summed E-state index contributed by atoms with van der Waals surface area (Å²) >= 11 is 7.03. The molecule has 2 aromatic heterocycles. The predicted molar refractivity (Wildman–Crippen MR) is 199 cm³/mol. The lowest BCUT2D eigenvalue weighted by atomic mass is 10.0. The summed E-state index contributed by atoms with van der Waals surface area (Å²) in [6.45, 7) is 6.47. The van der Waals surface area contributed by atoms with Gasteiger partial charge < -0.3 is 18.4 Å². The molecule has 7 rings (SSSR count). The Morgan fingerprint density at radius 3 is 2.22 bits per heavy atom. The Bertz CT molecular complexity index is 2320. The highest BCUT2D eigenvalue weighted by molar-refractivity contribution is 7.62. The number of halogens is 1. The molecule has 0 aliphatic heterocycles. The topological polar surface area (TPSA) is 67.5 Å². The number of nitrogens with zero attached hydrogens (tertiary/aromatic N) is 3. The molecule has 9 heteroatoms. The summed E-state index contributed by atoms with van der Waals surface area (Å²) in [6, 6.07) is 37.0. The lowest BCUT2D eigenvalue weighted by molar-refractivity contribution is 0.229. The largest absolute Gasteiger partial charge is 0.425 e. The summed E-state index contributed by atoms with van der Waals surface area (Å²) in [5.41, 5.74) is 8.76. The SMILES string of the molecule is CCOP(=O)(OCC)c1cc(Oc2nc3cc(-c4ccc5c(ccn5C)c4)c(Cl)cc3n2Cc2ccc(-c3ccccc3)cc2)ccc1C. The monoisotopic (exact) mass is 689 g/mol. The van der Waals surface area contributed by atoms with Crippen LogP contribution in [-0.2, 0) is 27.2 Å².